The van der Waals surface area contributed by atoms with Crippen LogP contribution in [0.1, 0.15) is 44.2 Å². The van der Waals surface area contributed by atoms with Gasteiger partial charge < -0.3 is 10.1 Å². The summed E-state index contributed by atoms with van der Waals surface area (Å²) in [6.45, 7) is 4.56. The van der Waals surface area contributed by atoms with Crippen LogP contribution in [0.2, 0.25) is 0 Å². The van der Waals surface area contributed by atoms with Crippen LogP contribution in [0.15, 0.2) is 18.2 Å². The third kappa shape index (κ3) is 3.49. The fraction of sp³-hybridized carbons (Fsp3) is 0.562. The van der Waals surface area contributed by atoms with Crippen LogP contribution < -0.4 is 10.1 Å². The smallest absolute Gasteiger partial charge is 0.260 e. The van der Waals surface area contributed by atoms with Gasteiger partial charge in [-0.15, -0.1) is 0 Å². The molecule has 104 valence electrons. The van der Waals surface area contributed by atoms with E-state index in [4.69, 9.17) is 4.74 Å². The van der Waals surface area contributed by atoms with Crippen molar-refractivity contribution in [2.75, 3.05) is 6.54 Å². The molecular weight excluding hydrogens is 238 g/mol. The van der Waals surface area contributed by atoms with Gasteiger partial charge in [0, 0.05) is 6.54 Å². The van der Waals surface area contributed by atoms with Crippen LogP contribution in [0.3, 0.4) is 0 Å². The van der Waals surface area contributed by atoms with Crippen LogP contribution in [-0.4, -0.2) is 18.6 Å². The molecule has 0 spiro atoms. The Balaban J connectivity index is 2.04. The number of nitrogens with one attached hydrogen (secondary N) is 1. The van der Waals surface area contributed by atoms with E-state index in [0.717, 1.165) is 25.0 Å². The summed E-state index contributed by atoms with van der Waals surface area (Å²) < 4.78 is 5.86. The van der Waals surface area contributed by atoms with Crippen molar-refractivity contribution < 1.29 is 9.53 Å². The number of fused-ring (bicyclic) bond motifs is 1. The Hall–Kier alpha value is -1.51. The van der Waals surface area contributed by atoms with Gasteiger partial charge in [-0.25, -0.2) is 0 Å². The van der Waals surface area contributed by atoms with Crippen LogP contribution in [0.25, 0.3) is 0 Å². The lowest BCUT2D eigenvalue weighted by Gasteiger charge is -2.22. The molecule has 0 heterocycles. The summed E-state index contributed by atoms with van der Waals surface area (Å²) in [5, 5.41) is 2.87. The van der Waals surface area contributed by atoms with Gasteiger partial charge in [-0.2, -0.15) is 0 Å². The Morgan fingerprint density at radius 2 is 2.16 bits per heavy atom. The zero-order chi connectivity index (χ0) is 13.7. The number of ether oxygens (including phenoxy) is 1. The zero-order valence-corrected chi connectivity index (χ0v) is 11.9. The lowest BCUT2D eigenvalue weighted by molar-refractivity contribution is -0.127. The molecule has 3 heteroatoms. The van der Waals surface area contributed by atoms with Crippen molar-refractivity contribution in [1.82, 2.24) is 5.32 Å². The van der Waals surface area contributed by atoms with Crippen molar-refractivity contribution in [3.05, 3.63) is 29.3 Å². The van der Waals surface area contributed by atoms with Crippen LogP contribution >= 0.6 is 0 Å². The van der Waals surface area contributed by atoms with Crippen molar-refractivity contribution in [1.29, 1.82) is 0 Å². The number of amides is 1. The second-order valence-corrected chi connectivity index (χ2v) is 5.15. The van der Waals surface area contributed by atoms with E-state index in [1.807, 2.05) is 26.0 Å². The molecule has 0 saturated carbocycles. The molecule has 0 fully saturated rings. The highest BCUT2D eigenvalue weighted by Gasteiger charge is 2.18. The molecule has 1 atom stereocenters. The summed E-state index contributed by atoms with van der Waals surface area (Å²) in [6.07, 6.45) is 5.17. The van der Waals surface area contributed by atoms with E-state index >= 15 is 0 Å². The van der Waals surface area contributed by atoms with Gasteiger partial charge in [0.05, 0.1) is 0 Å². The van der Waals surface area contributed by atoms with Gasteiger partial charge in [0.15, 0.2) is 6.10 Å². The molecule has 0 aliphatic heterocycles. The number of carbonyl (C=O) groups excluding carboxylic acids is 1. The summed E-state index contributed by atoms with van der Waals surface area (Å²) in [5.41, 5.74) is 2.67. The monoisotopic (exact) mass is 261 g/mol. The first-order valence-electron chi connectivity index (χ1n) is 7.27. The number of carbonyl (C=O) groups is 1. The van der Waals surface area contributed by atoms with E-state index in [1.165, 1.54) is 24.0 Å². The fourth-order valence-electron chi connectivity index (χ4n) is 2.49. The Labute approximate surface area is 115 Å². The van der Waals surface area contributed by atoms with E-state index in [1.54, 1.807) is 0 Å². The molecule has 0 unspecified atom stereocenters. The molecule has 1 aromatic carbocycles. The van der Waals surface area contributed by atoms with Gasteiger partial charge in [-0.1, -0.05) is 19.1 Å². The summed E-state index contributed by atoms with van der Waals surface area (Å²) in [6, 6.07) is 6.17. The second kappa shape index (κ2) is 6.60. The maximum Gasteiger partial charge on any atom is 0.260 e. The molecule has 0 bridgehead atoms. The first-order chi connectivity index (χ1) is 9.22. The Morgan fingerprint density at radius 3 is 2.95 bits per heavy atom. The van der Waals surface area contributed by atoms with Crippen molar-refractivity contribution in [3.8, 4) is 5.75 Å². The van der Waals surface area contributed by atoms with Crippen molar-refractivity contribution in [3.63, 3.8) is 0 Å². The molecule has 0 aromatic heterocycles. The second-order valence-electron chi connectivity index (χ2n) is 5.15. The molecule has 19 heavy (non-hydrogen) atoms. The number of hydrogen-bond acceptors (Lipinski definition) is 2. The van der Waals surface area contributed by atoms with Crippen LogP contribution in [0.4, 0.5) is 0 Å². The highest BCUT2D eigenvalue weighted by Crippen LogP contribution is 2.30. The third-order valence-corrected chi connectivity index (χ3v) is 3.58. The van der Waals surface area contributed by atoms with Crippen LogP contribution in [0.5, 0.6) is 5.75 Å². The van der Waals surface area contributed by atoms with Crippen molar-refractivity contribution >= 4 is 5.91 Å². The predicted molar refractivity (Wildman–Crippen MR) is 76.5 cm³/mol. The molecule has 1 amide bonds. The molecule has 1 N–H and O–H groups in total. The summed E-state index contributed by atoms with van der Waals surface area (Å²) >= 11 is 0. The minimum absolute atomic E-state index is 0.0322. The molecule has 0 saturated heterocycles. The fourth-order valence-corrected chi connectivity index (χ4v) is 2.49. The maximum absolute atomic E-state index is 11.8. The molecule has 1 aliphatic rings. The van der Waals surface area contributed by atoms with E-state index < -0.39 is 6.10 Å². The minimum Gasteiger partial charge on any atom is -0.481 e. The first-order valence-corrected chi connectivity index (χ1v) is 7.27. The minimum atomic E-state index is -0.431. The number of benzene rings is 1. The van der Waals surface area contributed by atoms with Gasteiger partial charge in [-0.3, -0.25) is 4.79 Å². The Kier molecular flexibility index (Phi) is 4.83. The normalized spacial score (nSPS) is 15.5. The number of aryl methyl sites for hydroxylation is 1. The lowest BCUT2D eigenvalue weighted by Crippen LogP contribution is -2.36. The quantitative estimate of drug-likeness (QED) is 0.885. The van der Waals surface area contributed by atoms with Gasteiger partial charge >= 0.3 is 0 Å². The van der Waals surface area contributed by atoms with Crippen LogP contribution in [0, 0.1) is 0 Å². The first kappa shape index (κ1) is 13.9. The van der Waals surface area contributed by atoms with Gasteiger partial charge in [0.2, 0.25) is 0 Å². The highest BCUT2D eigenvalue weighted by molar-refractivity contribution is 5.80. The van der Waals surface area contributed by atoms with E-state index in [0.29, 0.717) is 6.54 Å². The standard InChI is InChI=1S/C16H23NO2/c1-3-11-17-16(18)12(2)19-15-10-6-8-13-7-4-5-9-14(13)15/h6,8,10,12H,3-5,7,9,11H2,1-2H3,(H,17,18)/t12-/m1/s1. The number of hydrogen-bond donors (Lipinski definition) is 1. The topological polar surface area (TPSA) is 38.3 Å². The SMILES string of the molecule is CCCNC(=O)[C@@H](C)Oc1cccc2c1CCCC2. The van der Waals surface area contributed by atoms with Crippen LogP contribution in [-0.2, 0) is 17.6 Å². The van der Waals surface area contributed by atoms with Gasteiger partial charge in [-0.05, 0) is 56.2 Å². The molecule has 2 rings (SSSR count). The van der Waals surface area contributed by atoms with E-state index in [2.05, 4.69) is 11.4 Å². The summed E-state index contributed by atoms with van der Waals surface area (Å²) in [5.74, 6) is 0.853. The highest BCUT2D eigenvalue weighted by atomic mass is 16.5. The van der Waals surface area contributed by atoms with Gasteiger partial charge in [0.1, 0.15) is 5.75 Å². The number of rotatable bonds is 5. The Bertz CT molecular complexity index is 442. The Morgan fingerprint density at radius 1 is 1.37 bits per heavy atom. The molecule has 3 nitrogen and oxygen atoms in total. The van der Waals surface area contributed by atoms with E-state index in [-0.39, 0.29) is 5.91 Å². The lowest BCUT2D eigenvalue weighted by atomic mass is 9.91. The zero-order valence-electron chi connectivity index (χ0n) is 11.9. The third-order valence-electron chi connectivity index (χ3n) is 3.58. The summed E-state index contributed by atoms with van der Waals surface area (Å²) in [7, 11) is 0. The van der Waals surface area contributed by atoms with Crippen molar-refractivity contribution in [2.45, 2.75) is 52.1 Å². The predicted octanol–water partition coefficient (Wildman–Crippen LogP) is 2.86. The largest absolute Gasteiger partial charge is 0.481 e. The molecular formula is C16H23NO2. The van der Waals surface area contributed by atoms with Crippen molar-refractivity contribution in [2.24, 2.45) is 0 Å². The maximum atomic E-state index is 11.8. The van der Waals surface area contributed by atoms with E-state index in [9.17, 15) is 4.79 Å². The average molecular weight is 261 g/mol. The molecule has 1 aliphatic carbocycles. The van der Waals surface area contributed by atoms with Gasteiger partial charge in [0.25, 0.3) is 5.91 Å². The average Bonchev–Trinajstić information content (AvgIpc) is 2.45. The summed E-state index contributed by atoms with van der Waals surface area (Å²) in [4.78, 5) is 11.8. The molecule has 1 aromatic rings. The molecule has 0 radical (unpaired) electrons.